The molecule has 0 saturated carbocycles. The zero-order valence-corrected chi connectivity index (χ0v) is 22.0. The first kappa shape index (κ1) is 35.6. The van der Waals surface area contributed by atoms with Gasteiger partial charge < -0.3 is 46.2 Å². The van der Waals surface area contributed by atoms with Gasteiger partial charge in [0.05, 0.1) is 18.2 Å². The highest BCUT2D eigenvalue weighted by Gasteiger charge is 2.18. The first-order chi connectivity index (χ1) is 14.8. The van der Waals surface area contributed by atoms with Crippen molar-refractivity contribution in [1.82, 2.24) is 16.0 Å². The van der Waals surface area contributed by atoms with E-state index in [0.717, 1.165) is 0 Å². The van der Waals surface area contributed by atoms with Crippen molar-refractivity contribution in [2.45, 2.75) is 105 Å². The van der Waals surface area contributed by atoms with Crippen molar-refractivity contribution in [3.63, 3.8) is 0 Å². The average molecular weight is 481 g/mol. The number of nitrogens with two attached hydrogens (primary N) is 1. The van der Waals surface area contributed by atoms with E-state index in [9.17, 15) is 14.4 Å². The van der Waals surface area contributed by atoms with Crippen LogP contribution < -0.4 is 21.7 Å². The number of carbonyl (C=O) groups is 3. The smallest absolute Gasteiger partial charge is 0.408 e. The molecule has 0 aliphatic rings. The molecular weight excluding hydrogens is 432 g/mol. The number of hydrogen-bond acceptors (Lipinski definition) is 9. The maximum absolute atomic E-state index is 11.4. The van der Waals surface area contributed by atoms with Crippen LogP contribution in [0.4, 0.5) is 9.59 Å². The van der Waals surface area contributed by atoms with E-state index in [2.05, 4.69) is 16.0 Å². The van der Waals surface area contributed by atoms with Gasteiger partial charge in [-0.05, 0) is 69.2 Å². The van der Waals surface area contributed by atoms with Gasteiger partial charge in [0.2, 0.25) is 0 Å². The van der Waals surface area contributed by atoms with E-state index in [-0.39, 0.29) is 18.2 Å². The zero-order chi connectivity index (χ0) is 26.8. The molecule has 11 heteroatoms. The van der Waals surface area contributed by atoms with Crippen LogP contribution in [0.5, 0.6) is 0 Å². The Hall–Kier alpha value is -1.95. The molecule has 198 valence electrons. The van der Waals surface area contributed by atoms with Crippen molar-refractivity contribution < 1.29 is 34.1 Å². The Bertz CT molecular complexity index is 530. The molecular formula is C22H48N4O7. The van der Waals surface area contributed by atoms with Crippen molar-refractivity contribution in [2.24, 2.45) is 5.73 Å². The Morgan fingerprint density at radius 2 is 1.24 bits per heavy atom. The number of alkyl carbamates (subject to hydrolysis) is 2. The number of carbonyl (C=O) groups excluding carboxylic acids is 3. The summed E-state index contributed by atoms with van der Waals surface area (Å²) in [4.78, 5) is 32.4. The summed E-state index contributed by atoms with van der Waals surface area (Å²) in [6.07, 6.45) is -1.06. The fourth-order valence-electron chi connectivity index (χ4n) is 1.60. The van der Waals surface area contributed by atoms with Crippen molar-refractivity contribution >= 4 is 18.5 Å². The maximum atomic E-state index is 11.4. The van der Waals surface area contributed by atoms with Crippen LogP contribution in [0.2, 0.25) is 0 Å². The summed E-state index contributed by atoms with van der Waals surface area (Å²) >= 11 is 0. The molecule has 0 aromatic carbocycles. The molecule has 0 fully saturated rings. The molecule has 0 aromatic rings. The summed E-state index contributed by atoms with van der Waals surface area (Å²) in [5, 5.41) is 25.4. The standard InChI is InChI=1S/C11H24N2O3.C8H15NO3.C3H9NO/c1-8(6-12-7-9(2)14)13-10(15)16-11(3,4)5;1-6(5-10)9-7(11)12-8(2,3)4;1-3(5)2-4/h8-9,12,14H,6-7H2,1-5H3,(H,13,15);5-6H,1-4H3,(H,9,11);3,5H,2,4H2,1H3/t8-,9+;6-;3-/m001/s1. The minimum atomic E-state index is -0.568. The molecule has 33 heavy (non-hydrogen) atoms. The highest BCUT2D eigenvalue weighted by atomic mass is 16.6. The molecule has 2 amide bonds. The summed E-state index contributed by atoms with van der Waals surface area (Å²) in [7, 11) is 0. The van der Waals surface area contributed by atoms with Crippen LogP contribution in [0, 0.1) is 0 Å². The number of rotatable bonds is 8. The Labute approximate surface area is 199 Å². The number of nitrogens with one attached hydrogen (secondary N) is 3. The lowest BCUT2D eigenvalue weighted by Crippen LogP contribution is -2.43. The van der Waals surface area contributed by atoms with E-state index in [1.807, 2.05) is 27.7 Å². The third kappa shape index (κ3) is 34.8. The summed E-state index contributed by atoms with van der Waals surface area (Å²) in [6.45, 7) is 19.0. The van der Waals surface area contributed by atoms with E-state index in [1.54, 1.807) is 41.5 Å². The Morgan fingerprint density at radius 3 is 1.55 bits per heavy atom. The highest BCUT2D eigenvalue weighted by molar-refractivity contribution is 5.73. The van der Waals surface area contributed by atoms with Gasteiger partial charge in [0.15, 0.2) is 0 Å². The zero-order valence-electron chi connectivity index (χ0n) is 22.0. The molecule has 0 unspecified atom stereocenters. The van der Waals surface area contributed by atoms with Crippen molar-refractivity contribution in [1.29, 1.82) is 0 Å². The molecule has 0 bridgehead atoms. The number of amides is 2. The van der Waals surface area contributed by atoms with Gasteiger partial charge >= 0.3 is 12.2 Å². The Morgan fingerprint density at radius 1 is 0.848 bits per heavy atom. The van der Waals surface area contributed by atoms with Crippen LogP contribution in [0.3, 0.4) is 0 Å². The van der Waals surface area contributed by atoms with Crippen LogP contribution in [0.25, 0.3) is 0 Å². The van der Waals surface area contributed by atoms with E-state index < -0.39 is 29.4 Å². The van der Waals surface area contributed by atoms with Gasteiger partial charge in [0.1, 0.15) is 17.5 Å². The summed E-state index contributed by atoms with van der Waals surface area (Å²) in [5.41, 5.74) is 3.92. The third-order valence-corrected chi connectivity index (χ3v) is 2.94. The number of hydrogen-bond donors (Lipinski definition) is 6. The summed E-state index contributed by atoms with van der Waals surface area (Å²) in [6, 6.07) is -0.534. The Balaban J connectivity index is -0.000000465. The molecule has 4 atom stereocenters. The minimum absolute atomic E-state index is 0.0337. The first-order valence-corrected chi connectivity index (χ1v) is 11.0. The first-order valence-electron chi connectivity index (χ1n) is 11.0. The lowest BCUT2D eigenvalue weighted by molar-refractivity contribution is -0.109. The van der Waals surface area contributed by atoms with Crippen LogP contribution in [-0.4, -0.2) is 83.8 Å². The molecule has 0 radical (unpaired) electrons. The molecule has 0 aliphatic carbocycles. The van der Waals surface area contributed by atoms with E-state index in [0.29, 0.717) is 25.9 Å². The van der Waals surface area contributed by atoms with Gasteiger partial charge in [-0.2, -0.15) is 0 Å². The number of aldehydes is 1. The largest absolute Gasteiger partial charge is 0.444 e. The van der Waals surface area contributed by atoms with Crippen molar-refractivity contribution in [3.05, 3.63) is 0 Å². The molecule has 11 nitrogen and oxygen atoms in total. The van der Waals surface area contributed by atoms with Gasteiger partial charge in [0.25, 0.3) is 0 Å². The van der Waals surface area contributed by atoms with Crippen LogP contribution in [-0.2, 0) is 14.3 Å². The molecule has 0 saturated heterocycles. The van der Waals surface area contributed by atoms with Gasteiger partial charge in [-0.15, -0.1) is 0 Å². The number of aliphatic hydroxyl groups excluding tert-OH is 2. The molecule has 0 rings (SSSR count). The average Bonchev–Trinajstić information content (AvgIpc) is 2.58. The second kappa shape index (κ2) is 18.5. The number of ether oxygens (including phenoxy) is 2. The maximum Gasteiger partial charge on any atom is 0.408 e. The quantitative estimate of drug-likeness (QED) is 0.280. The second-order valence-electron chi connectivity index (χ2n) is 9.71. The van der Waals surface area contributed by atoms with Gasteiger partial charge in [-0.1, -0.05) is 0 Å². The number of aliphatic hydroxyl groups is 2. The van der Waals surface area contributed by atoms with E-state index >= 15 is 0 Å². The minimum Gasteiger partial charge on any atom is -0.444 e. The van der Waals surface area contributed by atoms with Crippen LogP contribution in [0.15, 0.2) is 0 Å². The van der Waals surface area contributed by atoms with E-state index in [4.69, 9.17) is 25.4 Å². The van der Waals surface area contributed by atoms with Crippen LogP contribution in [0.1, 0.15) is 69.2 Å². The van der Waals surface area contributed by atoms with Crippen molar-refractivity contribution in [2.75, 3.05) is 19.6 Å². The third-order valence-electron chi connectivity index (χ3n) is 2.94. The van der Waals surface area contributed by atoms with Gasteiger partial charge in [-0.3, -0.25) is 0 Å². The molecule has 0 heterocycles. The summed E-state index contributed by atoms with van der Waals surface area (Å²) < 4.78 is 10.0. The predicted molar refractivity (Wildman–Crippen MR) is 129 cm³/mol. The monoisotopic (exact) mass is 480 g/mol. The molecule has 0 aromatic heterocycles. The van der Waals surface area contributed by atoms with Gasteiger partial charge in [0, 0.05) is 25.7 Å². The Kier molecular flexibility index (Phi) is 19.9. The lowest BCUT2D eigenvalue weighted by atomic mass is 10.2. The summed E-state index contributed by atoms with van der Waals surface area (Å²) in [5.74, 6) is 0. The fraction of sp³-hybridized carbons (Fsp3) is 0.864. The van der Waals surface area contributed by atoms with Gasteiger partial charge in [-0.25, -0.2) is 9.59 Å². The highest BCUT2D eigenvalue weighted by Crippen LogP contribution is 2.07. The molecule has 0 spiro atoms. The molecule has 7 N–H and O–H groups in total. The predicted octanol–water partition coefficient (Wildman–Crippen LogP) is 1.29. The lowest BCUT2D eigenvalue weighted by Gasteiger charge is -2.22. The second-order valence-corrected chi connectivity index (χ2v) is 9.71. The van der Waals surface area contributed by atoms with E-state index in [1.165, 1.54) is 0 Å². The normalized spacial score (nSPS) is 14.6. The van der Waals surface area contributed by atoms with Crippen molar-refractivity contribution in [3.8, 4) is 0 Å². The molecule has 0 aliphatic heterocycles. The van der Waals surface area contributed by atoms with Crippen LogP contribution >= 0.6 is 0 Å². The fourth-order valence-corrected chi connectivity index (χ4v) is 1.60. The topological polar surface area (TPSA) is 172 Å². The SMILES string of the molecule is C[C@@H](C=O)NC(=O)OC(C)(C)C.C[C@@H](O)CN.C[C@@H](O)CNC[C@H](C)NC(=O)OC(C)(C)C.